The van der Waals surface area contributed by atoms with Gasteiger partial charge in [0.25, 0.3) is 0 Å². The summed E-state index contributed by atoms with van der Waals surface area (Å²) in [5.41, 5.74) is 7.36. The van der Waals surface area contributed by atoms with Crippen LogP contribution < -0.4 is 11.1 Å². The highest BCUT2D eigenvalue weighted by atomic mass is 14.9. The van der Waals surface area contributed by atoms with E-state index in [1.54, 1.807) is 6.20 Å². The van der Waals surface area contributed by atoms with Crippen LogP contribution in [0.2, 0.25) is 0 Å². The molecule has 3 heteroatoms. The van der Waals surface area contributed by atoms with Crippen LogP contribution in [-0.4, -0.2) is 11.5 Å². The molecule has 0 bridgehead atoms. The first kappa shape index (κ1) is 8.35. The zero-order valence-corrected chi connectivity index (χ0v) is 7.66. The highest BCUT2D eigenvalue weighted by Crippen LogP contribution is 2.26. The Morgan fingerprint density at radius 2 is 2.31 bits per heavy atom. The minimum atomic E-state index is 0.721. The van der Waals surface area contributed by atoms with E-state index in [-0.39, 0.29) is 0 Å². The van der Waals surface area contributed by atoms with E-state index < -0.39 is 0 Å². The Bertz CT molecular complexity index is 281. The van der Waals surface area contributed by atoms with Crippen molar-refractivity contribution in [1.29, 1.82) is 0 Å². The van der Waals surface area contributed by atoms with E-state index in [2.05, 4.69) is 10.3 Å². The van der Waals surface area contributed by atoms with Gasteiger partial charge >= 0.3 is 0 Å². The third-order valence-electron chi connectivity index (χ3n) is 2.58. The Labute approximate surface area is 78.4 Å². The summed E-state index contributed by atoms with van der Waals surface area (Å²) in [5.74, 6) is 0.862. The van der Waals surface area contributed by atoms with Crippen LogP contribution in [0.3, 0.4) is 0 Å². The van der Waals surface area contributed by atoms with Crippen LogP contribution in [0.15, 0.2) is 18.5 Å². The summed E-state index contributed by atoms with van der Waals surface area (Å²) < 4.78 is 0. The summed E-state index contributed by atoms with van der Waals surface area (Å²) in [5, 5.41) is 3.34. The fourth-order valence-electron chi connectivity index (χ4n) is 1.51. The van der Waals surface area contributed by atoms with Crippen molar-refractivity contribution in [3.63, 3.8) is 0 Å². The number of hydrogen-bond donors (Lipinski definition) is 2. The average Bonchev–Trinajstić information content (AvgIpc) is 2.01. The number of rotatable bonds is 3. The van der Waals surface area contributed by atoms with Gasteiger partial charge in [0.1, 0.15) is 0 Å². The number of nitrogens with two attached hydrogens (primary N) is 1. The molecule has 1 saturated carbocycles. The van der Waals surface area contributed by atoms with E-state index in [0.717, 1.165) is 23.8 Å². The van der Waals surface area contributed by atoms with Gasteiger partial charge in [-0.2, -0.15) is 0 Å². The molecule has 2 rings (SSSR count). The number of aromatic nitrogens is 1. The lowest BCUT2D eigenvalue weighted by atomic mass is 9.85. The molecule has 1 heterocycles. The van der Waals surface area contributed by atoms with Crippen molar-refractivity contribution in [2.24, 2.45) is 5.92 Å². The van der Waals surface area contributed by atoms with E-state index >= 15 is 0 Å². The minimum Gasteiger partial charge on any atom is -0.397 e. The summed E-state index contributed by atoms with van der Waals surface area (Å²) >= 11 is 0. The molecule has 13 heavy (non-hydrogen) atoms. The molecule has 1 aliphatic rings. The molecule has 3 N–H and O–H groups in total. The number of pyridine rings is 1. The topological polar surface area (TPSA) is 50.9 Å². The first-order chi connectivity index (χ1) is 6.34. The molecule has 0 radical (unpaired) electrons. The molecule has 0 spiro atoms. The van der Waals surface area contributed by atoms with Gasteiger partial charge in [-0.1, -0.05) is 6.42 Å². The second-order valence-corrected chi connectivity index (χ2v) is 3.68. The number of nitrogen functional groups attached to an aromatic ring is 1. The fraction of sp³-hybridized carbons (Fsp3) is 0.500. The zero-order chi connectivity index (χ0) is 9.10. The maximum Gasteiger partial charge on any atom is 0.0547 e. The van der Waals surface area contributed by atoms with Crippen molar-refractivity contribution in [3.8, 4) is 0 Å². The molecule has 3 nitrogen and oxygen atoms in total. The summed E-state index contributed by atoms with van der Waals surface area (Å²) in [7, 11) is 0. The number of nitrogens with one attached hydrogen (secondary N) is 1. The lowest BCUT2D eigenvalue weighted by Crippen LogP contribution is -2.20. The number of hydrogen-bond acceptors (Lipinski definition) is 3. The van der Waals surface area contributed by atoms with E-state index in [1.807, 2.05) is 12.3 Å². The molecule has 1 aromatic rings. The molecule has 0 unspecified atom stereocenters. The van der Waals surface area contributed by atoms with Gasteiger partial charge in [-0.25, -0.2) is 0 Å². The molecule has 70 valence electrons. The maximum atomic E-state index is 5.61. The molecule has 1 aliphatic carbocycles. The normalized spacial score (nSPS) is 16.6. The van der Waals surface area contributed by atoms with Gasteiger partial charge in [-0.05, 0) is 24.8 Å². The van der Waals surface area contributed by atoms with Crippen molar-refractivity contribution in [1.82, 2.24) is 4.98 Å². The van der Waals surface area contributed by atoms with Crippen molar-refractivity contribution >= 4 is 11.4 Å². The van der Waals surface area contributed by atoms with Gasteiger partial charge in [0.05, 0.1) is 17.6 Å². The van der Waals surface area contributed by atoms with Crippen LogP contribution >= 0.6 is 0 Å². The average molecular weight is 177 g/mol. The molecule has 0 atom stereocenters. The van der Waals surface area contributed by atoms with Gasteiger partial charge in [0, 0.05) is 12.7 Å². The highest BCUT2D eigenvalue weighted by molar-refractivity contribution is 5.51. The van der Waals surface area contributed by atoms with Gasteiger partial charge in [0.15, 0.2) is 0 Å². The molecule has 1 fully saturated rings. The first-order valence-electron chi connectivity index (χ1n) is 4.79. The zero-order valence-electron chi connectivity index (χ0n) is 7.66. The SMILES string of the molecule is Nc1cncc(NCC2CCC2)c1. The maximum absolute atomic E-state index is 5.61. The monoisotopic (exact) mass is 177 g/mol. The fourth-order valence-corrected chi connectivity index (χ4v) is 1.51. The van der Waals surface area contributed by atoms with E-state index in [9.17, 15) is 0 Å². The van der Waals surface area contributed by atoms with Crippen LogP contribution in [-0.2, 0) is 0 Å². The van der Waals surface area contributed by atoms with E-state index in [4.69, 9.17) is 5.73 Å². The largest absolute Gasteiger partial charge is 0.397 e. The lowest BCUT2D eigenvalue weighted by Gasteiger charge is -2.25. The van der Waals surface area contributed by atoms with E-state index in [0.29, 0.717) is 0 Å². The van der Waals surface area contributed by atoms with Crippen LogP contribution in [0.1, 0.15) is 19.3 Å². The van der Waals surface area contributed by atoms with Crippen molar-refractivity contribution in [2.45, 2.75) is 19.3 Å². The Hall–Kier alpha value is -1.25. The molecule has 1 aromatic heterocycles. The predicted octanol–water partition coefficient (Wildman–Crippen LogP) is 1.88. The quantitative estimate of drug-likeness (QED) is 0.741. The Balaban J connectivity index is 1.86. The van der Waals surface area contributed by atoms with Gasteiger partial charge in [0.2, 0.25) is 0 Å². The van der Waals surface area contributed by atoms with Crippen LogP contribution in [0.4, 0.5) is 11.4 Å². The molecule has 0 amide bonds. The lowest BCUT2D eigenvalue weighted by molar-refractivity contribution is 0.333. The van der Waals surface area contributed by atoms with Gasteiger partial charge < -0.3 is 11.1 Å². The Morgan fingerprint density at radius 1 is 1.46 bits per heavy atom. The van der Waals surface area contributed by atoms with Crippen molar-refractivity contribution in [2.75, 3.05) is 17.6 Å². The summed E-state index contributed by atoms with van der Waals surface area (Å²) in [6.07, 6.45) is 7.59. The second-order valence-electron chi connectivity index (χ2n) is 3.68. The minimum absolute atomic E-state index is 0.721. The van der Waals surface area contributed by atoms with Gasteiger partial charge in [-0.15, -0.1) is 0 Å². The number of nitrogens with zero attached hydrogens (tertiary/aromatic N) is 1. The highest BCUT2D eigenvalue weighted by Gasteiger charge is 2.16. The molecule has 0 aliphatic heterocycles. The van der Waals surface area contributed by atoms with Crippen LogP contribution in [0.25, 0.3) is 0 Å². The summed E-state index contributed by atoms with van der Waals surface area (Å²) in [6, 6.07) is 1.92. The summed E-state index contributed by atoms with van der Waals surface area (Å²) in [6.45, 7) is 1.06. The van der Waals surface area contributed by atoms with Crippen molar-refractivity contribution < 1.29 is 0 Å². The molecule has 0 aromatic carbocycles. The van der Waals surface area contributed by atoms with Crippen LogP contribution in [0.5, 0.6) is 0 Å². The molecular formula is C10H15N3. The smallest absolute Gasteiger partial charge is 0.0547 e. The third kappa shape index (κ3) is 2.11. The van der Waals surface area contributed by atoms with E-state index in [1.165, 1.54) is 19.3 Å². The number of anilines is 2. The summed E-state index contributed by atoms with van der Waals surface area (Å²) in [4.78, 5) is 4.02. The van der Waals surface area contributed by atoms with Crippen LogP contribution in [0, 0.1) is 5.92 Å². The van der Waals surface area contributed by atoms with Gasteiger partial charge in [-0.3, -0.25) is 4.98 Å². The Morgan fingerprint density at radius 3 is 2.92 bits per heavy atom. The Kier molecular flexibility index (Phi) is 2.34. The van der Waals surface area contributed by atoms with Crippen molar-refractivity contribution in [3.05, 3.63) is 18.5 Å². The molecular weight excluding hydrogens is 162 g/mol. The second kappa shape index (κ2) is 3.64. The standard InChI is InChI=1S/C10H15N3/c11-9-4-10(7-12-6-9)13-5-8-2-1-3-8/h4,6-8,13H,1-3,5,11H2. The first-order valence-corrected chi connectivity index (χ1v) is 4.79. The predicted molar refractivity (Wildman–Crippen MR) is 54.5 cm³/mol. The molecule has 0 saturated heterocycles. The third-order valence-corrected chi connectivity index (χ3v) is 2.58.